The summed E-state index contributed by atoms with van der Waals surface area (Å²) in [5, 5.41) is 10.2. The van der Waals surface area contributed by atoms with Crippen LogP contribution < -0.4 is 9.47 Å². The Kier molecular flexibility index (Phi) is 7.34. The summed E-state index contributed by atoms with van der Waals surface area (Å²) in [5.74, 6) is 2.80. The number of aliphatic hydroxyl groups is 1. The highest BCUT2D eigenvalue weighted by atomic mass is 16.5. The van der Waals surface area contributed by atoms with Crippen LogP contribution in [0, 0.1) is 11.8 Å². The third kappa shape index (κ3) is 5.65. The lowest BCUT2D eigenvalue weighted by Gasteiger charge is -2.35. The number of β-amino-alcohol motifs (C(OH)–C–C–N with tert-alkyl or cyclic N) is 1. The maximum absolute atomic E-state index is 10.2. The third-order valence-corrected chi connectivity index (χ3v) is 4.44. The summed E-state index contributed by atoms with van der Waals surface area (Å²) in [6.45, 7) is 8.16. The van der Waals surface area contributed by atoms with Crippen molar-refractivity contribution in [1.82, 2.24) is 4.90 Å². The van der Waals surface area contributed by atoms with Gasteiger partial charge in [-0.05, 0) is 36.0 Å². The molecule has 1 aliphatic heterocycles. The van der Waals surface area contributed by atoms with E-state index in [1.54, 1.807) is 14.2 Å². The van der Waals surface area contributed by atoms with E-state index in [-0.39, 0.29) is 0 Å². The molecular formula is C19H31NO4. The SMILES string of the molecule is COc1ccc(COC[C@@H](O)CN2C[C@@H](C)C[C@H](C)C2)cc1OC. The second-order valence-corrected chi connectivity index (χ2v) is 7.02. The number of ether oxygens (including phenoxy) is 3. The number of benzene rings is 1. The molecule has 1 fully saturated rings. The molecule has 5 heteroatoms. The van der Waals surface area contributed by atoms with E-state index >= 15 is 0 Å². The molecule has 0 aromatic heterocycles. The van der Waals surface area contributed by atoms with E-state index in [0.29, 0.717) is 43.1 Å². The molecule has 0 bridgehead atoms. The van der Waals surface area contributed by atoms with Crippen molar-refractivity contribution in [3.8, 4) is 11.5 Å². The Morgan fingerprint density at radius 3 is 2.42 bits per heavy atom. The van der Waals surface area contributed by atoms with Crippen molar-refractivity contribution in [2.45, 2.75) is 33.0 Å². The van der Waals surface area contributed by atoms with E-state index < -0.39 is 6.10 Å². The van der Waals surface area contributed by atoms with Gasteiger partial charge in [0, 0.05) is 19.6 Å². The molecule has 3 atom stereocenters. The van der Waals surface area contributed by atoms with E-state index in [2.05, 4.69) is 18.7 Å². The highest BCUT2D eigenvalue weighted by Gasteiger charge is 2.23. The average molecular weight is 337 g/mol. The molecule has 1 N–H and O–H groups in total. The van der Waals surface area contributed by atoms with Crippen LogP contribution in [0.5, 0.6) is 11.5 Å². The summed E-state index contributed by atoms with van der Waals surface area (Å²) in [5.41, 5.74) is 1.00. The smallest absolute Gasteiger partial charge is 0.161 e. The summed E-state index contributed by atoms with van der Waals surface area (Å²) in [6, 6.07) is 5.71. The molecule has 1 heterocycles. The van der Waals surface area contributed by atoms with Crippen LogP contribution in [-0.2, 0) is 11.3 Å². The van der Waals surface area contributed by atoms with Crippen LogP contribution >= 0.6 is 0 Å². The van der Waals surface area contributed by atoms with Gasteiger partial charge in [0.05, 0.1) is 33.5 Å². The average Bonchev–Trinajstić information content (AvgIpc) is 2.53. The normalized spacial score (nSPS) is 23.0. The van der Waals surface area contributed by atoms with Crippen molar-refractivity contribution in [1.29, 1.82) is 0 Å². The fraction of sp³-hybridized carbons (Fsp3) is 0.684. The summed E-state index contributed by atoms with van der Waals surface area (Å²) in [7, 11) is 3.24. The minimum Gasteiger partial charge on any atom is -0.493 e. The summed E-state index contributed by atoms with van der Waals surface area (Å²) in [6.07, 6.45) is 0.824. The summed E-state index contributed by atoms with van der Waals surface area (Å²) in [4.78, 5) is 2.35. The van der Waals surface area contributed by atoms with Gasteiger partial charge in [-0.2, -0.15) is 0 Å². The van der Waals surface area contributed by atoms with Crippen molar-refractivity contribution in [3.63, 3.8) is 0 Å². The van der Waals surface area contributed by atoms with Crippen molar-refractivity contribution in [2.24, 2.45) is 11.8 Å². The van der Waals surface area contributed by atoms with Crippen LogP contribution in [0.2, 0.25) is 0 Å². The highest BCUT2D eigenvalue weighted by molar-refractivity contribution is 5.42. The standard InChI is InChI=1S/C19H31NO4/c1-14-7-15(2)10-20(9-14)11-17(21)13-24-12-16-5-6-18(22-3)19(8-16)23-4/h5-6,8,14-15,17,21H,7,9-13H2,1-4H3/t14-,15-,17-/m0/s1. The Morgan fingerprint density at radius 2 is 1.79 bits per heavy atom. The monoisotopic (exact) mass is 337 g/mol. The first-order valence-corrected chi connectivity index (χ1v) is 8.70. The first-order chi connectivity index (χ1) is 11.5. The Bertz CT molecular complexity index is 498. The van der Waals surface area contributed by atoms with Crippen LogP contribution in [0.15, 0.2) is 18.2 Å². The van der Waals surface area contributed by atoms with Crippen LogP contribution in [0.25, 0.3) is 0 Å². The molecule has 0 amide bonds. The van der Waals surface area contributed by atoms with E-state index in [4.69, 9.17) is 14.2 Å². The van der Waals surface area contributed by atoms with Gasteiger partial charge >= 0.3 is 0 Å². The Hall–Kier alpha value is -1.30. The van der Waals surface area contributed by atoms with E-state index in [0.717, 1.165) is 18.7 Å². The highest BCUT2D eigenvalue weighted by Crippen LogP contribution is 2.27. The molecule has 136 valence electrons. The summed E-state index contributed by atoms with van der Waals surface area (Å²) >= 11 is 0. The second-order valence-electron chi connectivity index (χ2n) is 7.02. The van der Waals surface area contributed by atoms with Crippen LogP contribution in [-0.4, -0.2) is 56.6 Å². The predicted octanol–water partition coefficient (Wildman–Crippen LogP) is 2.56. The molecule has 1 saturated heterocycles. The number of piperidine rings is 1. The van der Waals surface area contributed by atoms with Crippen molar-refractivity contribution < 1.29 is 19.3 Å². The lowest BCUT2D eigenvalue weighted by molar-refractivity contribution is -0.000930. The predicted molar refractivity (Wildman–Crippen MR) is 94.6 cm³/mol. The zero-order chi connectivity index (χ0) is 17.5. The number of aliphatic hydroxyl groups excluding tert-OH is 1. The second kappa shape index (κ2) is 9.25. The molecule has 2 rings (SSSR count). The quantitative estimate of drug-likeness (QED) is 0.790. The van der Waals surface area contributed by atoms with Crippen molar-refractivity contribution in [2.75, 3.05) is 40.5 Å². The van der Waals surface area contributed by atoms with E-state index in [9.17, 15) is 5.11 Å². The van der Waals surface area contributed by atoms with Gasteiger partial charge in [0.2, 0.25) is 0 Å². The Labute approximate surface area is 145 Å². The zero-order valence-corrected chi connectivity index (χ0v) is 15.3. The number of methoxy groups -OCH3 is 2. The number of rotatable bonds is 8. The van der Waals surface area contributed by atoms with Gasteiger partial charge in [0.15, 0.2) is 11.5 Å². The molecule has 0 aliphatic carbocycles. The summed E-state index contributed by atoms with van der Waals surface area (Å²) < 4.78 is 16.2. The van der Waals surface area contributed by atoms with Gasteiger partial charge in [-0.1, -0.05) is 19.9 Å². The van der Waals surface area contributed by atoms with Gasteiger partial charge in [0.25, 0.3) is 0 Å². The molecule has 0 radical (unpaired) electrons. The van der Waals surface area contributed by atoms with Crippen molar-refractivity contribution >= 4 is 0 Å². The number of nitrogens with zero attached hydrogens (tertiary/aromatic N) is 1. The molecule has 0 unspecified atom stereocenters. The fourth-order valence-corrected chi connectivity index (χ4v) is 3.58. The maximum atomic E-state index is 10.2. The topological polar surface area (TPSA) is 51.2 Å². The number of likely N-dealkylation sites (tertiary alicyclic amines) is 1. The maximum Gasteiger partial charge on any atom is 0.161 e. The minimum absolute atomic E-state index is 0.341. The first kappa shape index (κ1) is 19.0. The molecule has 5 nitrogen and oxygen atoms in total. The van der Waals surface area contributed by atoms with Crippen molar-refractivity contribution in [3.05, 3.63) is 23.8 Å². The first-order valence-electron chi connectivity index (χ1n) is 8.70. The molecular weight excluding hydrogens is 306 g/mol. The lowest BCUT2D eigenvalue weighted by Crippen LogP contribution is -2.43. The number of hydrogen-bond acceptors (Lipinski definition) is 5. The van der Waals surface area contributed by atoms with Gasteiger partial charge in [0.1, 0.15) is 0 Å². The molecule has 0 saturated carbocycles. The Balaban J connectivity index is 1.75. The Morgan fingerprint density at radius 1 is 1.12 bits per heavy atom. The van der Waals surface area contributed by atoms with E-state index in [1.807, 2.05) is 18.2 Å². The van der Waals surface area contributed by atoms with Gasteiger partial charge in [-0.15, -0.1) is 0 Å². The molecule has 1 aromatic rings. The zero-order valence-electron chi connectivity index (χ0n) is 15.3. The largest absolute Gasteiger partial charge is 0.493 e. The lowest BCUT2D eigenvalue weighted by atomic mass is 9.92. The molecule has 1 aliphatic rings. The van der Waals surface area contributed by atoms with Crippen LogP contribution in [0.4, 0.5) is 0 Å². The van der Waals surface area contributed by atoms with Crippen LogP contribution in [0.1, 0.15) is 25.8 Å². The van der Waals surface area contributed by atoms with E-state index in [1.165, 1.54) is 6.42 Å². The van der Waals surface area contributed by atoms with Gasteiger partial charge in [-0.3, -0.25) is 0 Å². The molecule has 24 heavy (non-hydrogen) atoms. The molecule has 0 spiro atoms. The van der Waals surface area contributed by atoms with Crippen LogP contribution in [0.3, 0.4) is 0 Å². The van der Waals surface area contributed by atoms with Gasteiger partial charge < -0.3 is 24.2 Å². The minimum atomic E-state index is -0.456. The number of hydrogen-bond donors (Lipinski definition) is 1. The third-order valence-electron chi connectivity index (χ3n) is 4.44. The molecule has 1 aromatic carbocycles. The van der Waals surface area contributed by atoms with Gasteiger partial charge in [-0.25, -0.2) is 0 Å². The fourth-order valence-electron chi connectivity index (χ4n) is 3.58.